The third-order valence-electron chi connectivity index (χ3n) is 3.04. The highest BCUT2D eigenvalue weighted by atomic mass is 15.1. The van der Waals surface area contributed by atoms with Crippen molar-refractivity contribution in [3.8, 4) is 11.4 Å². The van der Waals surface area contributed by atoms with Crippen LogP contribution in [0, 0.1) is 6.92 Å². The normalized spacial score (nSPS) is 10.8. The summed E-state index contributed by atoms with van der Waals surface area (Å²) in [6, 6.07) is 8.27. The summed E-state index contributed by atoms with van der Waals surface area (Å²) in [5.74, 6) is 1.37. The van der Waals surface area contributed by atoms with Gasteiger partial charge in [-0.05, 0) is 6.92 Å². The van der Waals surface area contributed by atoms with Crippen LogP contribution in [0.5, 0.6) is 0 Å². The average Bonchev–Trinajstić information content (AvgIpc) is 3.01. The topological polar surface area (TPSA) is 72.5 Å². The molecule has 2 aromatic heterocycles. The zero-order valence-corrected chi connectivity index (χ0v) is 10.7. The van der Waals surface area contributed by atoms with Gasteiger partial charge < -0.3 is 15.3 Å². The highest BCUT2D eigenvalue weighted by molar-refractivity contribution is 5.55. The molecule has 19 heavy (non-hydrogen) atoms. The first-order valence-corrected chi connectivity index (χ1v) is 6.10. The van der Waals surface area contributed by atoms with Gasteiger partial charge in [0.05, 0.1) is 12.2 Å². The second kappa shape index (κ2) is 4.61. The number of H-pyrrole nitrogens is 1. The van der Waals surface area contributed by atoms with Crippen LogP contribution in [0.25, 0.3) is 11.4 Å². The molecule has 0 aliphatic rings. The SMILES string of the molecule is Cc1ccc(-c2nc(Cn3ccnc3N)c[nH]2)cc1. The molecule has 0 bridgehead atoms. The molecule has 0 amide bonds. The van der Waals surface area contributed by atoms with Crippen molar-refractivity contribution >= 4 is 5.95 Å². The smallest absolute Gasteiger partial charge is 0.200 e. The van der Waals surface area contributed by atoms with E-state index in [9.17, 15) is 0 Å². The van der Waals surface area contributed by atoms with Crippen LogP contribution in [0.2, 0.25) is 0 Å². The molecule has 0 aliphatic carbocycles. The Bertz CT molecular complexity index is 678. The maximum absolute atomic E-state index is 5.74. The monoisotopic (exact) mass is 253 g/mol. The second-order valence-corrected chi connectivity index (χ2v) is 4.52. The van der Waals surface area contributed by atoms with Crippen molar-refractivity contribution in [3.63, 3.8) is 0 Å². The number of hydrogen-bond donors (Lipinski definition) is 2. The molecule has 0 saturated carbocycles. The largest absolute Gasteiger partial charge is 0.369 e. The van der Waals surface area contributed by atoms with Gasteiger partial charge >= 0.3 is 0 Å². The Kier molecular flexibility index (Phi) is 2.79. The number of benzene rings is 1. The molecule has 0 fully saturated rings. The van der Waals surface area contributed by atoms with Crippen molar-refractivity contribution in [1.29, 1.82) is 0 Å². The van der Waals surface area contributed by atoms with Crippen molar-refractivity contribution in [2.75, 3.05) is 5.73 Å². The van der Waals surface area contributed by atoms with Crippen LogP contribution in [0.4, 0.5) is 5.95 Å². The molecule has 3 aromatic rings. The number of imidazole rings is 2. The molecular formula is C14H15N5. The molecule has 0 radical (unpaired) electrons. The summed E-state index contributed by atoms with van der Waals surface area (Å²) >= 11 is 0. The Morgan fingerprint density at radius 2 is 2.05 bits per heavy atom. The van der Waals surface area contributed by atoms with Gasteiger partial charge in [-0.3, -0.25) is 0 Å². The van der Waals surface area contributed by atoms with Gasteiger partial charge in [-0.2, -0.15) is 0 Å². The minimum absolute atomic E-state index is 0.500. The van der Waals surface area contributed by atoms with Crippen molar-refractivity contribution < 1.29 is 0 Å². The molecule has 0 atom stereocenters. The number of nitrogens with zero attached hydrogens (tertiary/aromatic N) is 3. The number of nitrogen functional groups attached to an aromatic ring is 1. The molecule has 1 aromatic carbocycles. The number of nitrogens with two attached hydrogens (primary N) is 1. The minimum atomic E-state index is 0.500. The maximum Gasteiger partial charge on any atom is 0.200 e. The molecule has 3 N–H and O–H groups in total. The molecule has 0 unspecified atom stereocenters. The van der Waals surface area contributed by atoms with Gasteiger partial charge in [0.15, 0.2) is 5.95 Å². The first-order valence-electron chi connectivity index (χ1n) is 6.10. The van der Waals surface area contributed by atoms with E-state index in [0.717, 1.165) is 17.1 Å². The quantitative estimate of drug-likeness (QED) is 0.751. The number of anilines is 1. The summed E-state index contributed by atoms with van der Waals surface area (Å²) in [4.78, 5) is 11.7. The standard InChI is InChI=1S/C14H15N5/c1-10-2-4-11(5-3-10)13-17-8-12(18-13)9-19-7-6-16-14(19)15/h2-8H,9H2,1H3,(H2,15,16)(H,17,18). The lowest BCUT2D eigenvalue weighted by Crippen LogP contribution is -2.03. The van der Waals surface area contributed by atoms with Crippen LogP contribution >= 0.6 is 0 Å². The molecule has 0 saturated heterocycles. The van der Waals surface area contributed by atoms with Crippen LogP contribution in [0.3, 0.4) is 0 Å². The van der Waals surface area contributed by atoms with E-state index in [2.05, 4.69) is 46.1 Å². The predicted octanol–water partition coefficient (Wildman–Crippen LogP) is 2.21. The van der Waals surface area contributed by atoms with Crippen LogP contribution < -0.4 is 5.73 Å². The lowest BCUT2D eigenvalue weighted by atomic mass is 10.1. The fraction of sp³-hybridized carbons (Fsp3) is 0.143. The minimum Gasteiger partial charge on any atom is -0.369 e. The number of aromatic nitrogens is 4. The van der Waals surface area contributed by atoms with E-state index < -0.39 is 0 Å². The molecule has 5 nitrogen and oxygen atoms in total. The van der Waals surface area contributed by atoms with Gasteiger partial charge in [-0.1, -0.05) is 29.8 Å². The molecule has 0 aliphatic heterocycles. The second-order valence-electron chi connectivity index (χ2n) is 4.52. The summed E-state index contributed by atoms with van der Waals surface area (Å²) in [6.45, 7) is 2.69. The van der Waals surface area contributed by atoms with E-state index in [1.807, 2.05) is 17.0 Å². The first-order chi connectivity index (χ1) is 9.22. The highest BCUT2D eigenvalue weighted by Gasteiger charge is 2.05. The zero-order valence-electron chi connectivity index (χ0n) is 10.7. The molecule has 2 heterocycles. The van der Waals surface area contributed by atoms with E-state index in [1.165, 1.54) is 5.56 Å². The van der Waals surface area contributed by atoms with E-state index in [1.54, 1.807) is 6.20 Å². The van der Waals surface area contributed by atoms with Gasteiger partial charge in [0.2, 0.25) is 0 Å². The lowest BCUT2D eigenvalue weighted by molar-refractivity contribution is 0.791. The molecule has 0 spiro atoms. The van der Waals surface area contributed by atoms with Gasteiger partial charge in [0.25, 0.3) is 0 Å². The van der Waals surface area contributed by atoms with Gasteiger partial charge in [0, 0.05) is 24.2 Å². The molecule has 96 valence electrons. The number of aromatic amines is 1. The fourth-order valence-corrected chi connectivity index (χ4v) is 1.95. The Morgan fingerprint density at radius 1 is 1.26 bits per heavy atom. The van der Waals surface area contributed by atoms with Crippen LogP contribution in [0.15, 0.2) is 42.9 Å². The van der Waals surface area contributed by atoms with E-state index >= 15 is 0 Å². The highest BCUT2D eigenvalue weighted by Crippen LogP contribution is 2.17. The number of hydrogen-bond acceptors (Lipinski definition) is 3. The summed E-state index contributed by atoms with van der Waals surface area (Å²) in [6.07, 6.45) is 5.42. The Morgan fingerprint density at radius 3 is 2.74 bits per heavy atom. The van der Waals surface area contributed by atoms with Gasteiger partial charge in [-0.25, -0.2) is 9.97 Å². The van der Waals surface area contributed by atoms with Crippen LogP contribution in [0.1, 0.15) is 11.3 Å². The van der Waals surface area contributed by atoms with E-state index in [-0.39, 0.29) is 0 Å². The maximum atomic E-state index is 5.74. The Hall–Kier alpha value is -2.56. The zero-order chi connectivity index (χ0) is 13.2. The van der Waals surface area contributed by atoms with Gasteiger partial charge in [-0.15, -0.1) is 0 Å². The Labute approximate surface area is 111 Å². The summed E-state index contributed by atoms with van der Waals surface area (Å²) in [5, 5.41) is 0. The van der Waals surface area contributed by atoms with Crippen molar-refractivity contribution in [1.82, 2.24) is 19.5 Å². The average molecular weight is 253 g/mol. The number of nitrogens with one attached hydrogen (secondary N) is 1. The molecule has 3 rings (SSSR count). The van der Waals surface area contributed by atoms with E-state index in [4.69, 9.17) is 5.73 Å². The van der Waals surface area contributed by atoms with Crippen molar-refractivity contribution in [2.45, 2.75) is 13.5 Å². The molecule has 5 heteroatoms. The van der Waals surface area contributed by atoms with Crippen molar-refractivity contribution in [3.05, 3.63) is 54.1 Å². The van der Waals surface area contributed by atoms with Gasteiger partial charge in [0.1, 0.15) is 5.82 Å². The van der Waals surface area contributed by atoms with Crippen LogP contribution in [-0.4, -0.2) is 19.5 Å². The molecular weight excluding hydrogens is 238 g/mol. The van der Waals surface area contributed by atoms with Crippen molar-refractivity contribution in [2.24, 2.45) is 0 Å². The number of rotatable bonds is 3. The Balaban J connectivity index is 1.83. The van der Waals surface area contributed by atoms with E-state index in [0.29, 0.717) is 12.5 Å². The summed E-state index contributed by atoms with van der Waals surface area (Å²) < 4.78 is 1.86. The predicted molar refractivity (Wildman–Crippen MR) is 74.5 cm³/mol. The summed E-state index contributed by atoms with van der Waals surface area (Å²) in [7, 11) is 0. The third kappa shape index (κ3) is 2.35. The summed E-state index contributed by atoms with van der Waals surface area (Å²) in [5.41, 5.74) is 8.98. The first kappa shape index (κ1) is 11.5. The number of aryl methyl sites for hydroxylation is 1. The third-order valence-corrected chi connectivity index (χ3v) is 3.04. The lowest BCUT2D eigenvalue weighted by Gasteiger charge is -2.00. The fourth-order valence-electron chi connectivity index (χ4n) is 1.95. The van der Waals surface area contributed by atoms with Crippen LogP contribution in [-0.2, 0) is 6.54 Å².